The fourth-order valence-corrected chi connectivity index (χ4v) is 2.56. The van der Waals surface area contributed by atoms with Crippen LogP contribution < -0.4 is 0 Å². The highest BCUT2D eigenvalue weighted by Crippen LogP contribution is 2.30. The topological polar surface area (TPSA) is 23.6 Å². The van der Waals surface area contributed by atoms with Gasteiger partial charge in [-0.1, -0.05) is 0 Å². The van der Waals surface area contributed by atoms with E-state index in [9.17, 15) is 4.79 Å². The van der Waals surface area contributed by atoms with E-state index < -0.39 is 0 Å². The van der Waals surface area contributed by atoms with Crippen LogP contribution in [0.3, 0.4) is 0 Å². The average molecular weight is 168 g/mol. The zero-order valence-electron chi connectivity index (χ0n) is 7.79. The molecule has 2 heterocycles. The van der Waals surface area contributed by atoms with E-state index in [1.165, 1.54) is 13.0 Å². The van der Waals surface area contributed by atoms with Crippen molar-refractivity contribution in [2.45, 2.75) is 19.4 Å². The van der Waals surface area contributed by atoms with Crippen molar-refractivity contribution in [1.29, 1.82) is 0 Å². The number of amides is 1. The Morgan fingerprint density at radius 2 is 2.17 bits per heavy atom. The first-order chi connectivity index (χ1) is 5.68. The molecule has 0 aromatic rings. The minimum Gasteiger partial charge on any atom is -0.338 e. The summed E-state index contributed by atoms with van der Waals surface area (Å²) in [5.74, 6) is 0.997. The van der Waals surface area contributed by atoms with Crippen molar-refractivity contribution in [3.63, 3.8) is 0 Å². The summed E-state index contributed by atoms with van der Waals surface area (Å²) in [7, 11) is 2.14. The normalized spacial score (nSPS) is 35.7. The van der Waals surface area contributed by atoms with Crippen LogP contribution in [0.2, 0.25) is 0 Å². The second-order valence-corrected chi connectivity index (χ2v) is 4.05. The van der Waals surface area contributed by atoms with Crippen molar-refractivity contribution < 1.29 is 4.79 Å². The zero-order valence-corrected chi connectivity index (χ0v) is 7.79. The lowest BCUT2D eigenvalue weighted by Crippen LogP contribution is -2.37. The van der Waals surface area contributed by atoms with Gasteiger partial charge in [-0.05, 0) is 19.4 Å². The summed E-state index contributed by atoms with van der Waals surface area (Å²) in [4.78, 5) is 15.6. The van der Waals surface area contributed by atoms with E-state index in [1.807, 2.05) is 4.90 Å². The van der Waals surface area contributed by atoms with Crippen LogP contribution in [0.15, 0.2) is 0 Å². The van der Waals surface area contributed by atoms with E-state index in [0.29, 0.717) is 6.04 Å². The van der Waals surface area contributed by atoms with Gasteiger partial charge in [0, 0.05) is 32.6 Å². The summed E-state index contributed by atoms with van der Waals surface area (Å²) < 4.78 is 0. The highest BCUT2D eigenvalue weighted by Gasteiger charge is 2.40. The number of nitrogens with zero attached hydrogens (tertiary/aromatic N) is 2. The van der Waals surface area contributed by atoms with Crippen LogP contribution in [0.4, 0.5) is 0 Å². The highest BCUT2D eigenvalue weighted by atomic mass is 16.2. The molecule has 2 unspecified atom stereocenters. The van der Waals surface area contributed by atoms with Crippen LogP contribution in [-0.2, 0) is 4.79 Å². The lowest BCUT2D eigenvalue weighted by Gasteiger charge is -2.22. The third-order valence-corrected chi connectivity index (χ3v) is 3.13. The van der Waals surface area contributed by atoms with Crippen molar-refractivity contribution in [3.8, 4) is 0 Å². The van der Waals surface area contributed by atoms with Gasteiger partial charge in [0.2, 0.25) is 5.91 Å². The molecule has 0 N–H and O–H groups in total. The number of fused-ring (bicyclic) bond motifs is 1. The van der Waals surface area contributed by atoms with Crippen molar-refractivity contribution in [1.82, 2.24) is 9.80 Å². The quantitative estimate of drug-likeness (QED) is 0.515. The molecule has 0 radical (unpaired) electrons. The van der Waals surface area contributed by atoms with E-state index in [2.05, 4.69) is 11.9 Å². The van der Waals surface area contributed by atoms with Crippen LogP contribution in [0.5, 0.6) is 0 Å². The largest absolute Gasteiger partial charge is 0.338 e. The molecule has 68 valence electrons. The number of rotatable bonds is 0. The van der Waals surface area contributed by atoms with Crippen LogP contribution in [0.25, 0.3) is 0 Å². The van der Waals surface area contributed by atoms with Crippen LogP contribution in [0, 0.1) is 5.92 Å². The van der Waals surface area contributed by atoms with E-state index in [0.717, 1.165) is 19.0 Å². The highest BCUT2D eigenvalue weighted by molar-refractivity contribution is 5.74. The first-order valence-electron chi connectivity index (χ1n) is 4.64. The molecule has 0 spiro atoms. The van der Waals surface area contributed by atoms with E-state index in [1.54, 1.807) is 6.92 Å². The molecule has 2 rings (SSSR count). The molecule has 2 aliphatic rings. The van der Waals surface area contributed by atoms with E-state index in [4.69, 9.17) is 0 Å². The molecule has 3 heteroatoms. The number of carbonyl (C=O) groups excluding carboxylic acids is 1. The maximum Gasteiger partial charge on any atom is 0.219 e. The molecule has 1 amide bonds. The molecular formula is C9H16N2O. The van der Waals surface area contributed by atoms with Gasteiger partial charge in [-0.3, -0.25) is 4.79 Å². The van der Waals surface area contributed by atoms with Crippen molar-refractivity contribution in [2.24, 2.45) is 5.92 Å². The van der Waals surface area contributed by atoms with Gasteiger partial charge in [-0.25, -0.2) is 0 Å². The molecule has 2 atom stereocenters. The summed E-state index contributed by atoms with van der Waals surface area (Å²) >= 11 is 0. The molecule has 0 aromatic heterocycles. The zero-order chi connectivity index (χ0) is 8.72. The Balaban J connectivity index is 2.08. The maximum atomic E-state index is 11.2. The Morgan fingerprint density at radius 3 is 2.83 bits per heavy atom. The first kappa shape index (κ1) is 8.05. The van der Waals surface area contributed by atoms with Crippen LogP contribution in [0.1, 0.15) is 13.3 Å². The Kier molecular flexibility index (Phi) is 1.83. The maximum absolute atomic E-state index is 11.2. The second-order valence-electron chi connectivity index (χ2n) is 4.05. The Morgan fingerprint density at radius 1 is 1.42 bits per heavy atom. The van der Waals surface area contributed by atoms with E-state index in [-0.39, 0.29) is 5.91 Å². The standard InChI is InChI=1S/C9H16N2O/c1-7(12)11-4-3-8-5-10(2)6-9(8)11/h8-9H,3-6H2,1-2H3. The average Bonchev–Trinajstić information content (AvgIpc) is 2.43. The minimum absolute atomic E-state index is 0.248. The van der Waals surface area contributed by atoms with Gasteiger partial charge in [0.25, 0.3) is 0 Å². The molecular weight excluding hydrogens is 152 g/mol. The van der Waals surface area contributed by atoms with Gasteiger partial charge in [0.1, 0.15) is 0 Å². The monoisotopic (exact) mass is 168 g/mol. The fraction of sp³-hybridized carbons (Fsp3) is 0.889. The fourth-order valence-electron chi connectivity index (χ4n) is 2.56. The molecule has 0 saturated carbocycles. The molecule has 12 heavy (non-hydrogen) atoms. The van der Waals surface area contributed by atoms with Gasteiger partial charge >= 0.3 is 0 Å². The number of likely N-dealkylation sites (tertiary alicyclic amines) is 2. The van der Waals surface area contributed by atoms with Gasteiger partial charge in [0.15, 0.2) is 0 Å². The molecule has 0 aromatic carbocycles. The summed E-state index contributed by atoms with van der Waals surface area (Å²) in [5, 5.41) is 0. The van der Waals surface area contributed by atoms with Gasteiger partial charge < -0.3 is 9.80 Å². The summed E-state index contributed by atoms with van der Waals surface area (Å²) in [5.41, 5.74) is 0. The smallest absolute Gasteiger partial charge is 0.219 e. The van der Waals surface area contributed by atoms with Crippen molar-refractivity contribution >= 4 is 5.91 Å². The third kappa shape index (κ3) is 1.12. The Labute approximate surface area is 73.3 Å². The van der Waals surface area contributed by atoms with E-state index >= 15 is 0 Å². The Bertz CT molecular complexity index is 205. The summed E-state index contributed by atoms with van der Waals surface area (Å²) in [6.45, 7) is 4.91. The van der Waals surface area contributed by atoms with Gasteiger partial charge in [-0.15, -0.1) is 0 Å². The third-order valence-electron chi connectivity index (χ3n) is 3.13. The molecule has 2 fully saturated rings. The predicted molar refractivity (Wildman–Crippen MR) is 46.8 cm³/mol. The molecule has 2 aliphatic heterocycles. The lowest BCUT2D eigenvalue weighted by molar-refractivity contribution is -0.129. The van der Waals surface area contributed by atoms with Gasteiger partial charge in [0.05, 0.1) is 0 Å². The number of carbonyl (C=O) groups is 1. The first-order valence-corrected chi connectivity index (χ1v) is 4.64. The van der Waals surface area contributed by atoms with Crippen molar-refractivity contribution in [2.75, 3.05) is 26.7 Å². The lowest BCUT2D eigenvalue weighted by atomic mass is 10.1. The van der Waals surface area contributed by atoms with Crippen LogP contribution in [-0.4, -0.2) is 48.4 Å². The number of hydrogen-bond acceptors (Lipinski definition) is 2. The minimum atomic E-state index is 0.248. The Hall–Kier alpha value is -0.570. The molecule has 0 bridgehead atoms. The van der Waals surface area contributed by atoms with Gasteiger partial charge in [-0.2, -0.15) is 0 Å². The SMILES string of the molecule is CC(=O)N1CCC2CN(C)CC21. The van der Waals surface area contributed by atoms with Crippen LogP contribution >= 0.6 is 0 Å². The summed E-state index contributed by atoms with van der Waals surface area (Å²) in [6, 6.07) is 0.521. The predicted octanol–water partition coefficient (Wildman–Crippen LogP) is 0.169. The molecule has 3 nitrogen and oxygen atoms in total. The number of hydrogen-bond donors (Lipinski definition) is 0. The molecule has 0 aliphatic carbocycles. The number of likely N-dealkylation sites (N-methyl/N-ethyl adjacent to an activating group) is 1. The second kappa shape index (κ2) is 2.73. The van der Waals surface area contributed by atoms with Crippen molar-refractivity contribution in [3.05, 3.63) is 0 Å². The summed E-state index contributed by atoms with van der Waals surface area (Å²) in [6.07, 6.45) is 1.20. The molecule has 2 saturated heterocycles.